The van der Waals surface area contributed by atoms with Crippen LogP contribution in [0.15, 0.2) is 12.2 Å². The molecule has 0 amide bonds. The standard InChI is InChI=1S/C38H70O14/c1-3-5-7-8-9-10-11-12-13-14-15-16-17-18-19-20-22-47-24-27(50-30(40)21-6-4-2)25-48-37-36(46)34(44)32(42)29(52-37)26-49-38-35(45)33(43)31(41)28(23-39)51-38/h12-13,27-29,31-39,41-46H,3-11,14-26H2,1-2H3/b13-12-. The highest BCUT2D eigenvalue weighted by atomic mass is 16.7. The molecule has 14 nitrogen and oxygen atoms in total. The molecule has 11 atom stereocenters. The molecule has 2 rings (SSSR count). The molecule has 2 fully saturated rings. The molecule has 0 aromatic carbocycles. The number of unbranched alkanes of at least 4 members (excludes halogenated alkanes) is 13. The lowest BCUT2D eigenvalue weighted by molar-refractivity contribution is -0.332. The van der Waals surface area contributed by atoms with Crippen molar-refractivity contribution in [2.24, 2.45) is 0 Å². The molecule has 11 unspecified atom stereocenters. The SMILES string of the molecule is CCCCCCCC/C=C\CCCCCCCCOCC(COC1OC(COC2OC(CO)C(O)C(O)C2O)C(O)C(O)C1O)OC(=O)CCCC. The minimum absolute atomic E-state index is 0.0561. The van der Waals surface area contributed by atoms with E-state index in [1.165, 1.54) is 64.2 Å². The Labute approximate surface area is 310 Å². The van der Waals surface area contributed by atoms with E-state index in [1.807, 2.05) is 6.92 Å². The molecular weight excluding hydrogens is 680 g/mol. The lowest BCUT2D eigenvalue weighted by atomic mass is 9.98. The average Bonchev–Trinajstić information content (AvgIpc) is 3.14. The molecule has 0 aromatic rings. The lowest BCUT2D eigenvalue weighted by Crippen LogP contribution is -2.61. The predicted octanol–water partition coefficient (Wildman–Crippen LogP) is 2.78. The second-order valence-electron chi connectivity index (χ2n) is 14.1. The van der Waals surface area contributed by atoms with Gasteiger partial charge in [0.2, 0.25) is 0 Å². The van der Waals surface area contributed by atoms with Crippen molar-refractivity contribution in [3.05, 3.63) is 12.2 Å². The van der Waals surface area contributed by atoms with Crippen molar-refractivity contribution in [3.63, 3.8) is 0 Å². The van der Waals surface area contributed by atoms with Gasteiger partial charge in [-0.2, -0.15) is 0 Å². The highest BCUT2D eigenvalue weighted by molar-refractivity contribution is 5.69. The van der Waals surface area contributed by atoms with Gasteiger partial charge in [-0.25, -0.2) is 0 Å². The summed E-state index contributed by atoms with van der Waals surface area (Å²) in [7, 11) is 0. The van der Waals surface area contributed by atoms with E-state index in [-0.39, 0.29) is 19.6 Å². The summed E-state index contributed by atoms with van der Waals surface area (Å²) < 4.78 is 33.6. The number of rotatable bonds is 29. The summed E-state index contributed by atoms with van der Waals surface area (Å²) >= 11 is 0. The van der Waals surface area contributed by atoms with Crippen LogP contribution in [-0.4, -0.2) is 142 Å². The minimum Gasteiger partial charge on any atom is -0.457 e. The van der Waals surface area contributed by atoms with Crippen LogP contribution in [0.25, 0.3) is 0 Å². The number of aliphatic hydroxyl groups is 7. The second-order valence-corrected chi connectivity index (χ2v) is 14.1. The van der Waals surface area contributed by atoms with Crippen molar-refractivity contribution in [2.75, 3.05) is 33.0 Å². The zero-order valence-corrected chi connectivity index (χ0v) is 31.6. The molecular formula is C38H70O14. The molecule has 52 heavy (non-hydrogen) atoms. The van der Waals surface area contributed by atoms with Crippen LogP contribution >= 0.6 is 0 Å². The number of carbonyl (C=O) groups is 1. The highest BCUT2D eigenvalue weighted by Crippen LogP contribution is 2.26. The number of ether oxygens (including phenoxy) is 6. The number of carbonyl (C=O) groups excluding carboxylic acids is 1. The average molecular weight is 751 g/mol. The zero-order chi connectivity index (χ0) is 38.1. The van der Waals surface area contributed by atoms with Crippen LogP contribution in [0, 0.1) is 0 Å². The molecule has 0 bridgehead atoms. The maximum absolute atomic E-state index is 12.4. The van der Waals surface area contributed by atoms with Gasteiger partial charge >= 0.3 is 5.97 Å². The van der Waals surface area contributed by atoms with Crippen LogP contribution in [-0.2, 0) is 33.2 Å². The van der Waals surface area contributed by atoms with E-state index >= 15 is 0 Å². The topological polar surface area (TPSA) is 214 Å². The minimum atomic E-state index is -1.70. The van der Waals surface area contributed by atoms with Crippen LogP contribution in [0.1, 0.15) is 123 Å². The van der Waals surface area contributed by atoms with Crippen LogP contribution < -0.4 is 0 Å². The molecule has 0 spiro atoms. The molecule has 2 aliphatic rings. The highest BCUT2D eigenvalue weighted by Gasteiger charge is 2.47. The summed E-state index contributed by atoms with van der Waals surface area (Å²) in [6, 6.07) is 0. The fourth-order valence-electron chi connectivity index (χ4n) is 6.14. The van der Waals surface area contributed by atoms with Gasteiger partial charge in [0, 0.05) is 13.0 Å². The molecule has 7 N–H and O–H groups in total. The van der Waals surface area contributed by atoms with Crippen molar-refractivity contribution < 1.29 is 69.0 Å². The Bertz CT molecular complexity index is 922. The van der Waals surface area contributed by atoms with E-state index in [9.17, 15) is 40.5 Å². The molecule has 0 aliphatic carbocycles. The number of esters is 1. The number of aliphatic hydroxyl groups excluding tert-OH is 7. The first-order valence-electron chi connectivity index (χ1n) is 19.8. The summed E-state index contributed by atoms with van der Waals surface area (Å²) in [5, 5.41) is 71.2. The van der Waals surface area contributed by atoms with Gasteiger partial charge < -0.3 is 64.2 Å². The summed E-state index contributed by atoms with van der Waals surface area (Å²) in [5.74, 6) is -0.414. The monoisotopic (exact) mass is 750 g/mol. The zero-order valence-electron chi connectivity index (χ0n) is 31.6. The third-order valence-electron chi connectivity index (χ3n) is 9.52. The Balaban J connectivity index is 1.72. The van der Waals surface area contributed by atoms with E-state index in [2.05, 4.69) is 19.1 Å². The van der Waals surface area contributed by atoms with Gasteiger partial charge in [0.25, 0.3) is 0 Å². The van der Waals surface area contributed by atoms with Crippen LogP contribution in [0.2, 0.25) is 0 Å². The molecule has 0 saturated carbocycles. The summed E-state index contributed by atoms with van der Waals surface area (Å²) in [4.78, 5) is 12.4. The number of allylic oxidation sites excluding steroid dienone is 2. The normalized spacial score (nSPS) is 30.2. The van der Waals surface area contributed by atoms with Gasteiger partial charge in [0.15, 0.2) is 12.6 Å². The first-order valence-corrected chi connectivity index (χ1v) is 19.8. The smallest absolute Gasteiger partial charge is 0.306 e. The first kappa shape index (κ1) is 46.9. The maximum atomic E-state index is 12.4. The van der Waals surface area contributed by atoms with Crippen molar-refractivity contribution in [2.45, 2.75) is 191 Å². The summed E-state index contributed by atoms with van der Waals surface area (Å²) in [5.41, 5.74) is 0. The molecule has 14 heteroatoms. The van der Waals surface area contributed by atoms with Crippen molar-refractivity contribution >= 4 is 5.97 Å². The fourth-order valence-corrected chi connectivity index (χ4v) is 6.14. The largest absolute Gasteiger partial charge is 0.457 e. The molecule has 2 heterocycles. The van der Waals surface area contributed by atoms with Gasteiger partial charge in [0.1, 0.15) is 54.9 Å². The van der Waals surface area contributed by atoms with E-state index in [0.717, 1.165) is 32.1 Å². The molecule has 0 radical (unpaired) electrons. The van der Waals surface area contributed by atoms with E-state index in [0.29, 0.717) is 13.0 Å². The number of hydrogen-bond donors (Lipinski definition) is 7. The van der Waals surface area contributed by atoms with Gasteiger partial charge in [-0.1, -0.05) is 90.2 Å². The quantitative estimate of drug-likeness (QED) is 0.0333. The molecule has 0 aromatic heterocycles. The summed E-state index contributed by atoms with van der Waals surface area (Å²) in [6.45, 7) is 3.38. The van der Waals surface area contributed by atoms with E-state index < -0.39 is 86.7 Å². The predicted molar refractivity (Wildman–Crippen MR) is 192 cm³/mol. The second kappa shape index (κ2) is 28.2. The van der Waals surface area contributed by atoms with Crippen LogP contribution in [0.4, 0.5) is 0 Å². The Hall–Kier alpha value is -1.27. The maximum Gasteiger partial charge on any atom is 0.306 e. The first-order chi connectivity index (χ1) is 25.1. The molecule has 2 aliphatic heterocycles. The Morgan fingerprint density at radius 1 is 0.615 bits per heavy atom. The Morgan fingerprint density at radius 3 is 1.73 bits per heavy atom. The Morgan fingerprint density at radius 2 is 1.13 bits per heavy atom. The lowest BCUT2D eigenvalue weighted by Gasteiger charge is -2.42. The van der Waals surface area contributed by atoms with Crippen molar-refractivity contribution in [3.8, 4) is 0 Å². The van der Waals surface area contributed by atoms with Crippen LogP contribution in [0.5, 0.6) is 0 Å². The van der Waals surface area contributed by atoms with Gasteiger partial charge in [-0.3, -0.25) is 4.79 Å². The molecule has 306 valence electrons. The summed E-state index contributed by atoms with van der Waals surface area (Å²) in [6.07, 6.45) is 7.12. The van der Waals surface area contributed by atoms with E-state index in [4.69, 9.17) is 28.4 Å². The van der Waals surface area contributed by atoms with Gasteiger partial charge in [-0.15, -0.1) is 0 Å². The van der Waals surface area contributed by atoms with Crippen molar-refractivity contribution in [1.82, 2.24) is 0 Å². The fraction of sp³-hybridized carbons (Fsp3) is 0.921. The van der Waals surface area contributed by atoms with Gasteiger partial charge in [-0.05, 0) is 38.5 Å². The number of hydrogen-bond acceptors (Lipinski definition) is 14. The third-order valence-corrected chi connectivity index (χ3v) is 9.52. The third kappa shape index (κ3) is 17.9. The van der Waals surface area contributed by atoms with Gasteiger partial charge in [0.05, 0.1) is 26.4 Å². The van der Waals surface area contributed by atoms with Crippen molar-refractivity contribution in [1.29, 1.82) is 0 Å². The van der Waals surface area contributed by atoms with Crippen LogP contribution in [0.3, 0.4) is 0 Å². The molecule has 2 saturated heterocycles. The Kier molecular flexibility index (Phi) is 25.4. The van der Waals surface area contributed by atoms with E-state index in [1.54, 1.807) is 0 Å².